The molecule has 1 heterocycles. The Kier molecular flexibility index (Phi) is 6.55. The van der Waals surface area contributed by atoms with E-state index in [1.165, 1.54) is 20.2 Å². The molecule has 164 valence electrons. The molecule has 1 aliphatic rings. The van der Waals surface area contributed by atoms with Crippen molar-refractivity contribution in [1.29, 1.82) is 0 Å². The van der Waals surface area contributed by atoms with Gasteiger partial charge in [0.1, 0.15) is 30.2 Å². The van der Waals surface area contributed by atoms with Crippen LogP contribution in [0.1, 0.15) is 34.3 Å². The van der Waals surface area contributed by atoms with Crippen LogP contribution in [0.25, 0.3) is 0 Å². The summed E-state index contributed by atoms with van der Waals surface area (Å²) in [6.45, 7) is -0.191. The average molecular weight is 430 g/mol. The predicted molar refractivity (Wildman–Crippen MR) is 108 cm³/mol. The van der Waals surface area contributed by atoms with E-state index in [0.29, 0.717) is 28.9 Å². The van der Waals surface area contributed by atoms with Gasteiger partial charge in [-0.2, -0.15) is 0 Å². The third-order valence-electron chi connectivity index (χ3n) is 5.22. The minimum Gasteiger partial charge on any atom is -0.497 e. The van der Waals surface area contributed by atoms with Crippen LogP contribution in [0.5, 0.6) is 11.5 Å². The van der Waals surface area contributed by atoms with Crippen LogP contribution in [-0.2, 0) is 22.7 Å². The topological polar surface area (TPSA) is 105 Å². The van der Waals surface area contributed by atoms with Crippen LogP contribution >= 0.6 is 0 Å². The molecule has 8 nitrogen and oxygen atoms in total. The second-order valence-corrected chi connectivity index (χ2v) is 7.02. The molecule has 0 saturated heterocycles. The molecule has 2 N–H and O–H groups in total. The molecule has 0 radical (unpaired) electrons. The second-order valence-electron chi connectivity index (χ2n) is 7.02. The van der Waals surface area contributed by atoms with E-state index in [-0.39, 0.29) is 31.6 Å². The Morgan fingerprint density at radius 2 is 2.13 bits per heavy atom. The molecule has 3 rings (SSSR count). The molecule has 1 unspecified atom stereocenters. The Balaban J connectivity index is 1.85. The fourth-order valence-electron chi connectivity index (χ4n) is 3.50. The van der Waals surface area contributed by atoms with E-state index in [0.717, 1.165) is 4.90 Å². The van der Waals surface area contributed by atoms with Crippen molar-refractivity contribution in [3.8, 4) is 11.5 Å². The van der Waals surface area contributed by atoms with E-state index < -0.39 is 23.4 Å². The Morgan fingerprint density at radius 3 is 2.77 bits per heavy atom. The predicted octanol–water partition coefficient (Wildman–Crippen LogP) is 1.78. The number of ether oxygens (including phenoxy) is 2. The van der Waals surface area contributed by atoms with Crippen LogP contribution in [0.3, 0.4) is 0 Å². The molecule has 9 heteroatoms. The Morgan fingerprint density at radius 1 is 1.35 bits per heavy atom. The number of rotatable bonds is 9. The van der Waals surface area contributed by atoms with E-state index in [9.17, 15) is 23.9 Å². The number of aldehydes is 1. The molecule has 2 aromatic carbocycles. The normalized spacial score (nSPS) is 14.6. The zero-order chi connectivity index (χ0) is 22.6. The van der Waals surface area contributed by atoms with Crippen LogP contribution in [0.2, 0.25) is 0 Å². The summed E-state index contributed by atoms with van der Waals surface area (Å²) in [4.78, 5) is 37.1. The lowest BCUT2D eigenvalue weighted by Gasteiger charge is -2.34. The molecule has 0 saturated carbocycles. The van der Waals surface area contributed by atoms with Crippen LogP contribution in [0.4, 0.5) is 4.39 Å². The first-order valence-corrected chi connectivity index (χ1v) is 9.63. The van der Waals surface area contributed by atoms with Crippen molar-refractivity contribution in [3.05, 3.63) is 58.9 Å². The largest absolute Gasteiger partial charge is 0.497 e. The van der Waals surface area contributed by atoms with Crippen LogP contribution in [-0.4, -0.2) is 48.0 Å². The van der Waals surface area contributed by atoms with Gasteiger partial charge in [0.15, 0.2) is 0 Å². The van der Waals surface area contributed by atoms with Crippen molar-refractivity contribution in [3.63, 3.8) is 0 Å². The standard InChI is InChI=1S/C22H23FN2O6/c1-24-21(28)22(29,9-4-10-26)25-12-17-16(20(25)27)5-3-6-19(17)31-13-14-7-8-15(30-2)11-18(14)23/h3,5-8,10-11,29H,4,9,12-13H2,1-2H3,(H,24,28). The third kappa shape index (κ3) is 4.22. The molecular weight excluding hydrogens is 407 g/mol. The molecule has 1 aliphatic heterocycles. The minimum absolute atomic E-state index is 0.0919. The molecule has 0 spiro atoms. The molecule has 0 bridgehead atoms. The van der Waals surface area contributed by atoms with Crippen molar-refractivity contribution in [1.82, 2.24) is 10.2 Å². The van der Waals surface area contributed by atoms with Crippen molar-refractivity contribution >= 4 is 18.1 Å². The average Bonchev–Trinajstić information content (AvgIpc) is 3.13. The molecule has 0 aliphatic carbocycles. The van der Waals surface area contributed by atoms with Crippen molar-refractivity contribution in [2.24, 2.45) is 0 Å². The van der Waals surface area contributed by atoms with Gasteiger partial charge in [0, 0.05) is 42.6 Å². The number of halogens is 1. The number of benzene rings is 2. The van der Waals surface area contributed by atoms with Gasteiger partial charge in [0.05, 0.1) is 13.7 Å². The Hall–Kier alpha value is -3.46. The van der Waals surface area contributed by atoms with Crippen molar-refractivity contribution in [2.75, 3.05) is 14.2 Å². The molecule has 1 atom stereocenters. The number of nitrogens with zero attached hydrogens (tertiary/aromatic N) is 1. The zero-order valence-electron chi connectivity index (χ0n) is 17.2. The van der Waals surface area contributed by atoms with Gasteiger partial charge in [0.2, 0.25) is 5.72 Å². The smallest absolute Gasteiger partial charge is 0.273 e. The number of fused-ring (bicyclic) bond motifs is 1. The van der Waals surface area contributed by atoms with Crippen molar-refractivity contribution in [2.45, 2.75) is 31.7 Å². The van der Waals surface area contributed by atoms with Gasteiger partial charge in [-0.25, -0.2) is 4.39 Å². The second kappa shape index (κ2) is 9.13. The first kappa shape index (κ1) is 22.2. The lowest BCUT2D eigenvalue weighted by atomic mass is 10.0. The maximum Gasteiger partial charge on any atom is 0.273 e. The number of hydrogen-bond donors (Lipinski definition) is 2. The fraction of sp³-hybridized carbons (Fsp3) is 0.318. The van der Waals surface area contributed by atoms with Gasteiger partial charge in [0.25, 0.3) is 11.8 Å². The number of hydrogen-bond acceptors (Lipinski definition) is 6. The van der Waals surface area contributed by atoms with Crippen LogP contribution in [0.15, 0.2) is 36.4 Å². The molecule has 2 amide bonds. The summed E-state index contributed by atoms with van der Waals surface area (Å²) in [5, 5.41) is 13.3. The number of carbonyl (C=O) groups excluding carboxylic acids is 3. The number of methoxy groups -OCH3 is 1. The molecule has 0 aromatic heterocycles. The van der Waals surface area contributed by atoms with Crippen LogP contribution in [0, 0.1) is 5.82 Å². The number of aliphatic hydroxyl groups is 1. The van der Waals surface area contributed by atoms with E-state index in [4.69, 9.17) is 9.47 Å². The highest BCUT2D eigenvalue weighted by molar-refractivity contribution is 6.02. The first-order chi connectivity index (χ1) is 14.8. The maximum absolute atomic E-state index is 14.2. The van der Waals surface area contributed by atoms with Gasteiger partial charge in [-0.3, -0.25) is 14.5 Å². The molecular formula is C22H23FN2O6. The van der Waals surface area contributed by atoms with E-state index in [2.05, 4.69) is 5.32 Å². The number of nitrogens with one attached hydrogen (secondary N) is 1. The van der Waals surface area contributed by atoms with Gasteiger partial charge in [-0.15, -0.1) is 0 Å². The monoisotopic (exact) mass is 430 g/mol. The maximum atomic E-state index is 14.2. The summed E-state index contributed by atoms with van der Waals surface area (Å²) in [5.41, 5.74) is -1.16. The summed E-state index contributed by atoms with van der Waals surface area (Å²) >= 11 is 0. The number of likely N-dealkylation sites (N-methyl/N-ethyl adjacent to an activating group) is 1. The molecule has 0 fully saturated rings. The SMILES string of the molecule is CNC(=O)C(O)(CCC=O)N1Cc2c(OCc3ccc(OC)cc3F)cccc2C1=O. The first-order valence-electron chi connectivity index (χ1n) is 9.63. The van der Waals surface area contributed by atoms with Gasteiger partial charge < -0.3 is 24.7 Å². The Bertz CT molecular complexity index is 1010. The van der Waals surface area contributed by atoms with Crippen molar-refractivity contribution < 1.29 is 33.4 Å². The molecule has 31 heavy (non-hydrogen) atoms. The number of carbonyl (C=O) groups is 3. The van der Waals surface area contributed by atoms with Gasteiger partial charge in [-0.1, -0.05) is 6.07 Å². The zero-order valence-corrected chi connectivity index (χ0v) is 17.2. The quantitative estimate of drug-likeness (QED) is 0.588. The van der Waals surface area contributed by atoms with Gasteiger partial charge >= 0.3 is 0 Å². The third-order valence-corrected chi connectivity index (χ3v) is 5.22. The summed E-state index contributed by atoms with van der Waals surface area (Å²) in [6.07, 6.45) is 0.215. The number of amides is 2. The van der Waals surface area contributed by atoms with Crippen LogP contribution < -0.4 is 14.8 Å². The minimum atomic E-state index is -2.19. The highest BCUT2D eigenvalue weighted by atomic mass is 19.1. The Labute approximate surface area is 178 Å². The summed E-state index contributed by atoms with van der Waals surface area (Å²) in [7, 11) is 2.77. The van der Waals surface area contributed by atoms with E-state index >= 15 is 0 Å². The van der Waals surface area contributed by atoms with E-state index in [1.54, 1.807) is 30.3 Å². The summed E-state index contributed by atoms with van der Waals surface area (Å²) in [6, 6.07) is 9.18. The highest BCUT2D eigenvalue weighted by Crippen LogP contribution is 2.36. The fourth-order valence-corrected chi connectivity index (χ4v) is 3.50. The van der Waals surface area contributed by atoms with E-state index in [1.807, 2.05) is 0 Å². The van der Waals surface area contributed by atoms with Gasteiger partial charge in [-0.05, 0) is 24.3 Å². The highest BCUT2D eigenvalue weighted by Gasteiger charge is 2.48. The lowest BCUT2D eigenvalue weighted by Crippen LogP contribution is -2.58. The summed E-state index contributed by atoms with van der Waals surface area (Å²) in [5.74, 6) is -1.14. The summed E-state index contributed by atoms with van der Waals surface area (Å²) < 4.78 is 25.0. The molecule has 2 aromatic rings. The lowest BCUT2D eigenvalue weighted by molar-refractivity contribution is -0.159.